The van der Waals surface area contributed by atoms with Crippen LogP contribution in [-0.4, -0.2) is 35.0 Å². The molecular weight excluding hydrogens is 581 g/mol. The van der Waals surface area contributed by atoms with Gasteiger partial charge >= 0.3 is 6.18 Å². The van der Waals surface area contributed by atoms with Crippen LogP contribution in [0, 0.1) is 12.8 Å². The molecule has 0 atom stereocenters. The normalized spacial score (nSPS) is 13.8. The van der Waals surface area contributed by atoms with Crippen molar-refractivity contribution < 1.29 is 13.2 Å². The molecule has 1 saturated carbocycles. The number of aryl methyl sites for hydroxylation is 2. The van der Waals surface area contributed by atoms with Crippen LogP contribution in [-0.2, 0) is 12.6 Å². The number of nitrogens with zero attached hydrogens (tertiary/aromatic N) is 3. The molecule has 0 radical (unpaired) electrons. The van der Waals surface area contributed by atoms with Crippen molar-refractivity contribution in [3.63, 3.8) is 0 Å². The van der Waals surface area contributed by atoms with Crippen LogP contribution in [0.15, 0.2) is 60.8 Å². The SMILES string of the molecule is CC/C=C(/c1ccc(CC)cc1)c1cnc(Nc2cccc(C(F)(F)F)c2)nc1C.CC1CCCCC1.CCCCN(C)CCC. The number of aromatic nitrogens is 2. The third kappa shape index (κ3) is 14.1. The molecule has 0 bridgehead atoms. The molecule has 1 aliphatic rings. The number of benzene rings is 2. The van der Waals surface area contributed by atoms with Gasteiger partial charge < -0.3 is 10.2 Å². The number of unbranched alkanes of at least 4 members (excludes halogenated alkanes) is 1. The van der Waals surface area contributed by atoms with E-state index in [0.717, 1.165) is 53.3 Å². The summed E-state index contributed by atoms with van der Waals surface area (Å²) in [5.74, 6) is 1.29. The highest BCUT2D eigenvalue weighted by Crippen LogP contribution is 2.32. The van der Waals surface area contributed by atoms with E-state index >= 15 is 0 Å². The van der Waals surface area contributed by atoms with Gasteiger partial charge in [-0.1, -0.05) is 110 Å². The zero-order valence-electron chi connectivity index (χ0n) is 29.3. The predicted molar refractivity (Wildman–Crippen MR) is 190 cm³/mol. The van der Waals surface area contributed by atoms with Crippen LogP contribution >= 0.6 is 0 Å². The highest BCUT2D eigenvalue weighted by molar-refractivity contribution is 5.80. The van der Waals surface area contributed by atoms with Crippen molar-refractivity contribution in [3.05, 3.63) is 88.8 Å². The Morgan fingerprint density at radius 1 is 0.957 bits per heavy atom. The number of hydrogen-bond acceptors (Lipinski definition) is 4. The van der Waals surface area contributed by atoms with Crippen molar-refractivity contribution in [1.82, 2.24) is 14.9 Å². The van der Waals surface area contributed by atoms with E-state index in [0.29, 0.717) is 0 Å². The first-order valence-corrected chi connectivity index (χ1v) is 17.3. The molecule has 1 aromatic heterocycles. The van der Waals surface area contributed by atoms with Crippen LogP contribution in [0.1, 0.15) is 120 Å². The summed E-state index contributed by atoms with van der Waals surface area (Å²) in [5.41, 5.74) is 4.61. The molecule has 0 unspecified atom stereocenters. The number of halogens is 3. The second-order valence-corrected chi connectivity index (χ2v) is 12.4. The smallest absolute Gasteiger partial charge is 0.324 e. The third-order valence-electron chi connectivity index (χ3n) is 8.19. The van der Waals surface area contributed by atoms with E-state index in [1.807, 2.05) is 6.92 Å². The molecule has 1 heterocycles. The summed E-state index contributed by atoms with van der Waals surface area (Å²) in [6.07, 6.45) is 12.7. The lowest BCUT2D eigenvalue weighted by molar-refractivity contribution is -0.137. The third-order valence-corrected chi connectivity index (χ3v) is 8.19. The maximum atomic E-state index is 12.9. The lowest BCUT2D eigenvalue weighted by Gasteiger charge is -2.15. The van der Waals surface area contributed by atoms with Crippen LogP contribution in [0.3, 0.4) is 0 Å². The number of nitrogens with one attached hydrogen (secondary N) is 1. The van der Waals surface area contributed by atoms with Gasteiger partial charge in [-0.25, -0.2) is 9.97 Å². The molecule has 0 aliphatic heterocycles. The Labute approximate surface area is 277 Å². The zero-order valence-corrected chi connectivity index (χ0v) is 29.3. The average Bonchev–Trinajstić information content (AvgIpc) is 3.04. The van der Waals surface area contributed by atoms with Gasteiger partial charge in [-0.15, -0.1) is 0 Å². The minimum Gasteiger partial charge on any atom is -0.324 e. The topological polar surface area (TPSA) is 41.1 Å². The molecule has 2 aromatic carbocycles. The van der Waals surface area contributed by atoms with Crippen molar-refractivity contribution in [3.8, 4) is 0 Å². The molecule has 3 aromatic rings. The van der Waals surface area contributed by atoms with E-state index in [-0.39, 0.29) is 11.6 Å². The summed E-state index contributed by atoms with van der Waals surface area (Å²) in [7, 11) is 2.19. The van der Waals surface area contributed by atoms with E-state index in [1.54, 1.807) is 12.3 Å². The first-order chi connectivity index (χ1) is 22.0. The van der Waals surface area contributed by atoms with Crippen molar-refractivity contribution in [2.45, 2.75) is 112 Å². The van der Waals surface area contributed by atoms with E-state index in [1.165, 1.54) is 76.1 Å². The standard InChI is InChI=1S/C24H24F3N3.C8H19N.C7H14/c1-4-7-21(18-12-10-17(5-2)11-13-18)22-15-28-23(29-16(22)3)30-20-9-6-8-19(14-20)24(25,26)27;1-4-6-8-9(3)7-5-2;1-7-5-3-2-4-6-7/h6-15H,4-5H2,1-3H3,(H,28,29,30);4-8H2,1-3H3;7H,2-6H2,1H3/b21-7-;;. The van der Waals surface area contributed by atoms with Crippen molar-refractivity contribution in [2.75, 3.05) is 25.5 Å². The van der Waals surface area contributed by atoms with Crippen molar-refractivity contribution >= 4 is 17.2 Å². The van der Waals surface area contributed by atoms with E-state index < -0.39 is 11.7 Å². The van der Waals surface area contributed by atoms with Gasteiger partial charge in [-0.05, 0) is 93.6 Å². The van der Waals surface area contributed by atoms with E-state index in [2.05, 4.69) is 92.2 Å². The summed E-state index contributed by atoms with van der Waals surface area (Å²) in [6, 6.07) is 13.4. The first-order valence-electron chi connectivity index (χ1n) is 17.3. The van der Waals surface area contributed by atoms with Crippen molar-refractivity contribution in [1.29, 1.82) is 0 Å². The summed E-state index contributed by atoms with van der Waals surface area (Å²) >= 11 is 0. The second kappa shape index (κ2) is 20.8. The maximum Gasteiger partial charge on any atom is 0.416 e. The number of anilines is 2. The number of hydrogen-bond donors (Lipinski definition) is 1. The molecule has 0 amide bonds. The van der Waals surface area contributed by atoms with Crippen LogP contribution in [0.25, 0.3) is 5.57 Å². The highest BCUT2D eigenvalue weighted by Gasteiger charge is 2.30. The van der Waals surface area contributed by atoms with Gasteiger partial charge in [0.2, 0.25) is 5.95 Å². The number of rotatable bonds is 11. The van der Waals surface area contributed by atoms with Gasteiger partial charge in [-0.2, -0.15) is 13.2 Å². The minimum absolute atomic E-state index is 0.257. The monoisotopic (exact) mass is 638 g/mol. The molecule has 7 heteroatoms. The Balaban J connectivity index is 0.000000375. The van der Waals surface area contributed by atoms with Gasteiger partial charge in [0.15, 0.2) is 0 Å². The van der Waals surface area contributed by atoms with Gasteiger partial charge in [-0.3, -0.25) is 0 Å². The summed E-state index contributed by atoms with van der Waals surface area (Å²) in [6.45, 7) is 15.4. The molecule has 1 aliphatic carbocycles. The molecule has 1 fully saturated rings. The summed E-state index contributed by atoms with van der Waals surface area (Å²) in [4.78, 5) is 11.2. The zero-order chi connectivity index (χ0) is 34.0. The molecule has 46 heavy (non-hydrogen) atoms. The molecule has 4 rings (SSSR count). The Morgan fingerprint density at radius 2 is 1.65 bits per heavy atom. The van der Waals surface area contributed by atoms with E-state index in [9.17, 15) is 13.2 Å². The molecule has 0 saturated heterocycles. The Kier molecular flexibility index (Phi) is 17.7. The summed E-state index contributed by atoms with van der Waals surface area (Å²) < 4.78 is 38.8. The summed E-state index contributed by atoms with van der Waals surface area (Å²) in [5, 5.41) is 2.87. The molecule has 1 N–H and O–H groups in total. The quantitative estimate of drug-likeness (QED) is 0.227. The largest absolute Gasteiger partial charge is 0.416 e. The first kappa shape index (κ1) is 39.0. The molecule has 4 nitrogen and oxygen atoms in total. The highest BCUT2D eigenvalue weighted by atomic mass is 19.4. The van der Waals surface area contributed by atoms with Crippen LogP contribution < -0.4 is 5.32 Å². The Bertz CT molecular complexity index is 1300. The fraction of sp³-hybridized carbons (Fsp3) is 0.538. The minimum atomic E-state index is -4.40. The Hall–Kier alpha value is -3.19. The fourth-order valence-electron chi connectivity index (χ4n) is 5.43. The van der Waals surface area contributed by atoms with Crippen LogP contribution in [0.4, 0.5) is 24.8 Å². The fourth-order valence-corrected chi connectivity index (χ4v) is 5.43. The lowest BCUT2D eigenvalue weighted by atomic mass is 9.91. The van der Waals surface area contributed by atoms with Crippen LogP contribution in [0.5, 0.6) is 0 Å². The lowest BCUT2D eigenvalue weighted by Crippen LogP contribution is -2.19. The average molecular weight is 639 g/mol. The molecular formula is C39H57F3N4. The maximum absolute atomic E-state index is 12.9. The number of alkyl halides is 3. The van der Waals surface area contributed by atoms with E-state index in [4.69, 9.17) is 0 Å². The van der Waals surface area contributed by atoms with Crippen molar-refractivity contribution in [2.24, 2.45) is 5.92 Å². The molecule has 254 valence electrons. The van der Waals surface area contributed by atoms with Gasteiger partial charge in [0.1, 0.15) is 0 Å². The molecule has 0 spiro atoms. The van der Waals surface area contributed by atoms with Gasteiger partial charge in [0.25, 0.3) is 0 Å². The Morgan fingerprint density at radius 3 is 2.17 bits per heavy atom. The van der Waals surface area contributed by atoms with Crippen LogP contribution in [0.2, 0.25) is 0 Å². The van der Waals surface area contributed by atoms with Gasteiger partial charge in [0.05, 0.1) is 11.3 Å². The second-order valence-electron chi connectivity index (χ2n) is 12.4. The number of allylic oxidation sites excluding steroid dienone is 1. The van der Waals surface area contributed by atoms with Gasteiger partial charge in [0, 0.05) is 17.4 Å². The predicted octanol–water partition coefficient (Wildman–Crippen LogP) is 11.7.